The molecule has 2 rings (SSSR count). The van der Waals surface area contributed by atoms with Crippen LogP contribution in [0.3, 0.4) is 0 Å². The van der Waals surface area contributed by atoms with E-state index in [1.807, 2.05) is 0 Å². The maximum atomic E-state index is 5.68. The smallest absolute Gasteiger partial charge is 0.119 e. The van der Waals surface area contributed by atoms with Crippen molar-refractivity contribution >= 4 is 0 Å². The molecule has 0 heterocycles. The van der Waals surface area contributed by atoms with E-state index in [1.54, 1.807) is 0 Å². The Bertz CT molecular complexity index is 371. The fraction of sp³-hybridized carbons (Fsp3) is 0.625. The van der Waals surface area contributed by atoms with Crippen molar-refractivity contribution in [2.75, 3.05) is 7.05 Å². The van der Waals surface area contributed by atoms with Crippen LogP contribution in [-0.4, -0.2) is 19.2 Å². The van der Waals surface area contributed by atoms with E-state index in [0.29, 0.717) is 6.04 Å². The van der Waals surface area contributed by atoms with Gasteiger partial charge >= 0.3 is 0 Å². The lowest BCUT2D eigenvalue weighted by Crippen LogP contribution is -2.47. The van der Waals surface area contributed by atoms with Crippen LogP contribution in [0.5, 0.6) is 5.75 Å². The summed E-state index contributed by atoms with van der Waals surface area (Å²) in [5.41, 5.74) is 1.46. The number of rotatable bonds is 5. The quantitative estimate of drug-likeness (QED) is 0.858. The van der Waals surface area contributed by atoms with Crippen LogP contribution >= 0.6 is 0 Å². The molecule has 3 unspecified atom stereocenters. The minimum atomic E-state index is 0.247. The summed E-state index contributed by atoms with van der Waals surface area (Å²) in [5.74, 6) is 2.48. The van der Waals surface area contributed by atoms with Gasteiger partial charge in [-0.25, -0.2) is 0 Å². The second kappa shape index (κ2) is 5.75. The van der Waals surface area contributed by atoms with Gasteiger partial charge in [0.1, 0.15) is 5.75 Å². The number of hydrogen-bond donors (Lipinski definition) is 1. The first-order chi connectivity index (χ1) is 8.65. The number of hydrogen-bond acceptors (Lipinski definition) is 2. The lowest BCUT2D eigenvalue weighted by Gasteiger charge is -2.45. The SMILES string of the molecule is CCC1C(NC)CC1c1ccc(OC(C)C)cc1. The van der Waals surface area contributed by atoms with Crippen molar-refractivity contribution in [3.63, 3.8) is 0 Å². The van der Waals surface area contributed by atoms with E-state index in [2.05, 4.69) is 57.4 Å². The molecule has 0 radical (unpaired) electrons. The molecule has 1 N–H and O–H groups in total. The summed E-state index contributed by atoms with van der Waals surface area (Å²) in [6, 6.07) is 9.38. The molecule has 2 nitrogen and oxygen atoms in total. The molecule has 0 bridgehead atoms. The molecule has 0 aliphatic heterocycles. The predicted octanol–water partition coefficient (Wildman–Crippen LogP) is 3.58. The van der Waals surface area contributed by atoms with Crippen molar-refractivity contribution in [2.24, 2.45) is 5.92 Å². The van der Waals surface area contributed by atoms with E-state index in [4.69, 9.17) is 4.74 Å². The van der Waals surface area contributed by atoms with Crippen LogP contribution in [0.2, 0.25) is 0 Å². The van der Waals surface area contributed by atoms with Crippen LogP contribution in [0.1, 0.15) is 45.1 Å². The number of benzene rings is 1. The molecule has 0 saturated heterocycles. The molecule has 0 amide bonds. The zero-order valence-corrected chi connectivity index (χ0v) is 11.9. The first-order valence-corrected chi connectivity index (χ1v) is 7.09. The second-order valence-electron chi connectivity index (χ2n) is 5.55. The van der Waals surface area contributed by atoms with E-state index in [9.17, 15) is 0 Å². The van der Waals surface area contributed by atoms with Crippen LogP contribution < -0.4 is 10.1 Å². The van der Waals surface area contributed by atoms with Gasteiger partial charge in [-0.1, -0.05) is 25.5 Å². The van der Waals surface area contributed by atoms with Crippen LogP contribution in [0, 0.1) is 5.92 Å². The minimum Gasteiger partial charge on any atom is -0.491 e. The Hall–Kier alpha value is -1.02. The van der Waals surface area contributed by atoms with Gasteiger partial charge in [0.15, 0.2) is 0 Å². The highest BCUT2D eigenvalue weighted by Crippen LogP contribution is 2.44. The average molecular weight is 247 g/mol. The molecule has 2 heteroatoms. The number of nitrogens with one attached hydrogen (secondary N) is 1. The maximum absolute atomic E-state index is 5.68. The van der Waals surface area contributed by atoms with E-state index < -0.39 is 0 Å². The highest BCUT2D eigenvalue weighted by atomic mass is 16.5. The Morgan fingerprint density at radius 2 is 1.94 bits per heavy atom. The Kier molecular flexibility index (Phi) is 4.28. The number of ether oxygens (including phenoxy) is 1. The predicted molar refractivity (Wildman–Crippen MR) is 76.2 cm³/mol. The molecule has 0 aromatic heterocycles. The molecule has 1 aliphatic carbocycles. The maximum Gasteiger partial charge on any atom is 0.119 e. The molecular weight excluding hydrogens is 222 g/mol. The molecule has 0 spiro atoms. The average Bonchev–Trinajstić information content (AvgIpc) is 2.30. The van der Waals surface area contributed by atoms with E-state index >= 15 is 0 Å². The van der Waals surface area contributed by atoms with Gasteiger partial charge in [-0.3, -0.25) is 0 Å². The molecule has 100 valence electrons. The second-order valence-corrected chi connectivity index (χ2v) is 5.55. The zero-order chi connectivity index (χ0) is 13.1. The van der Waals surface area contributed by atoms with E-state index in [1.165, 1.54) is 18.4 Å². The van der Waals surface area contributed by atoms with Gasteiger partial charge in [0, 0.05) is 6.04 Å². The molecule has 3 atom stereocenters. The van der Waals surface area contributed by atoms with Gasteiger partial charge < -0.3 is 10.1 Å². The van der Waals surface area contributed by atoms with Crippen molar-refractivity contribution in [1.82, 2.24) is 5.32 Å². The summed E-state index contributed by atoms with van der Waals surface area (Å²) in [7, 11) is 2.07. The summed E-state index contributed by atoms with van der Waals surface area (Å²) in [5, 5.41) is 3.41. The largest absolute Gasteiger partial charge is 0.491 e. The highest BCUT2D eigenvalue weighted by molar-refractivity contribution is 5.32. The summed E-state index contributed by atoms with van der Waals surface area (Å²) in [6.07, 6.45) is 2.76. The lowest BCUT2D eigenvalue weighted by molar-refractivity contribution is 0.169. The van der Waals surface area contributed by atoms with Crippen molar-refractivity contribution in [3.05, 3.63) is 29.8 Å². The molecule has 1 aliphatic rings. The van der Waals surface area contributed by atoms with Gasteiger partial charge in [0.2, 0.25) is 0 Å². The van der Waals surface area contributed by atoms with Crippen molar-refractivity contribution < 1.29 is 4.74 Å². The van der Waals surface area contributed by atoms with E-state index in [0.717, 1.165) is 17.6 Å². The lowest BCUT2D eigenvalue weighted by atomic mass is 9.65. The summed E-state index contributed by atoms with van der Waals surface area (Å²) in [6.45, 7) is 6.41. The Balaban J connectivity index is 2.02. The third-order valence-electron chi connectivity index (χ3n) is 4.06. The molecule has 18 heavy (non-hydrogen) atoms. The monoisotopic (exact) mass is 247 g/mol. The third kappa shape index (κ3) is 2.69. The van der Waals surface area contributed by atoms with Gasteiger partial charge in [-0.05, 0) is 56.8 Å². The molecule has 1 aromatic carbocycles. The van der Waals surface area contributed by atoms with Gasteiger partial charge in [0.05, 0.1) is 6.10 Å². The van der Waals surface area contributed by atoms with Gasteiger partial charge in [-0.2, -0.15) is 0 Å². The van der Waals surface area contributed by atoms with Crippen LogP contribution in [-0.2, 0) is 0 Å². The topological polar surface area (TPSA) is 21.3 Å². The molecule has 1 fully saturated rings. The normalized spacial score (nSPS) is 27.1. The summed E-state index contributed by atoms with van der Waals surface area (Å²) < 4.78 is 5.68. The fourth-order valence-electron chi connectivity index (χ4n) is 3.06. The van der Waals surface area contributed by atoms with Crippen LogP contribution in [0.4, 0.5) is 0 Å². The fourth-order valence-corrected chi connectivity index (χ4v) is 3.06. The molecular formula is C16H25NO. The van der Waals surface area contributed by atoms with Crippen molar-refractivity contribution in [1.29, 1.82) is 0 Å². The summed E-state index contributed by atoms with van der Waals surface area (Å²) >= 11 is 0. The summed E-state index contributed by atoms with van der Waals surface area (Å²) in [4.78, 5) is 0. The Morgan fingerprint density at radius 1 is 1.28 bits per heavy atom. The first kappa shape index (κ1) is 13.4. The first-order valence-electron chi connectivity index (χ1n) is 7.09. The van der Waals surface area contributed by atoms with Crippen LogP contribution in [0.15, 0.2) is 24.3 Å². The standard InChI is InChI=1S/C16H25NO/c1-5-14-15(10-16(14)17-4)12-6-8-13(9-7-12)18-11(2)3/h6-9,11,14-17H,5,10H2,1-4H3. The van der Waals surface area contributed by atoms with Crippen molar-refractivity contribution in [2.45, 2.75) is 51.7 Å². The zero-order valence-electron chi connectivity index (χ0n) is 11.9. The van der Waals surface area contributed by atoms with Gasteiger partial charge in [0.25, 0.3) is 0 Å². The molecule has 1 saturated carbocycles. The highest BCUT2D eigenvalue weighted by Gasteiger charge is 2.39. The van der Waals surface area contributed by atoms with Gasteiger partial charge in [-0.15, -0.1) is 0 Å². The van der Waals surface area contributed by atoms with Crippen LogP contribution in [0.25, 0.3) is 0 Å². The third-order valence-corrected chi connectivity index (χ3v) is 4.06. The molecule has 1 aromatic rings. The Morgan fingerprint density at radius 3 is 2.44 bits per heavy atom. The Labute approximate surface area is 111 Å². The van der Waals surface area contributed by atoms with E-state index in [-0.39, 0.29) is 6.10 Å². The minimum absolute atomic E-state index is 0.247. The van der Waals surface area contributed by atoms with Crippen molar-refractivity contribution in [3.8, 4) is 5.75 Å².